The molecule has 0 spiro atoms. The summed E-state index contributed by atoms with van der Waals surface area (Å²) >= 11 is 1.01. The number of nitrogens with one attached hydrogen (secondary N) is 5. The number of aliphatic carboxylic acids is 2. The summed E-state index contributed by atoms with van der Waals surface area (Å²) in [7, 11) is 0. The summed E-state index contributed by atoms with van der Waals surface area (Å²) in [4.78, 5) is 62.6. The molecular weight excluding hydrogens is 599 g/mol. The molecular formula is C25H24F3N7O7S. The van der Waals surface area contributed by atoms with Gasteiger partial charge in [-0.1, -0.05) is 35.6 Å². The number of hydrogen-bond donors (Lipinski definition) is 8. The Balaban J connectivity index is 0.000000821. The SMILES string of the molecule is Cc1nc(NC(=N)N)sc1C(=O)Nc1cccc(C(=O)NC(CC(=O)Nc2ccccc2)C(=O)O)c1.O=C(O)C(F)(F)F. The van der Waals surface area contributed by atoms with Crippen LogP contribution in [-0.2, 0) is 14.4 Å². The van der Waals surface area contributed by atoms with Crippen molar-refractivity contribution < 1.29 is 47.4 Å². The van der Waals surface area contributed by atoms with E-state index >= 15 is 0 Å². The fourth-order valence-corrected chi connectivity index (χ4v) is 3.94. The number of amides is 3. The van der Waals surface area contributed by atoms with Gasteiger partial charge in [0.15, 0.2) is 11.1 Å². The normalized spacial score (nSPS) is 11.2. The van der Waals surface area contributed by atoms with Crippen LogP contribution in [0.5, 0.6) is 0 Å². The number of nitrogens with two attached hydrogens (primary N) is 1. The summed E-state index contributed by atoms with van der Waals surface area (Å²) in [5, 5.41) is 34.2. The van der Waals surface area contributed by atoms with Crippen molar-refractivity contribution in [3.8, 4) is 0 Å². The molecule has 1 heterocycles. The zero-order chi connectivity index (χ0) is 32.3. The molecule has 0 fully saturated rings. The maximum Gasteiger partial charge on any atom is 0.490 e. The third kappa shape index (κ3) is 11.1. The summed E-state index contributed by atoms with van der Waals surface area (Å²) < 4.78 is 31.7. The summed E-state index contributed by atoms with van der Waals surface area (Å²) in [5.41, 5.74) is 6.58. The fraction of sp³-hybridized carbons (Fsp3) is 0.160. The minimum absolute atomic E-state index is 0.0856. The van der Waals surface area contributed by atoms with E-state index in [0.717, 1.165) is 11.3 Å². The third-order valence-electron chi connectivity index (χ3n) is 4.92. The van der Waals surface area contributed by atoms with E-state index in [-0.39, 0.29) is 27.2 Å². The number of halogens is 3. The maximum atomic E-state index is 12.7. The molecule has 3 aromatic rings. The molecule has 0 aliphatic carbocycles. The predicted molar refractivity (Wildman–Crippen MR) is 149 cm³/mol. The number of rotatable bonds is 9. The third-order valence-corrected chi connectivity index (χ3v) is 5.99. The first-order valence-corrected chi connectivity index (χ1v) is 12.6. The van der Waals surface area contributed by atoms with Crippen molar-refractivity contribution >= 4 is 63.5 Å². The summed E-state index contributed by atoms with van der Waals surface area (Å²) in [6.45, 7) is 1.63. The van der Waals surface area contributed by atoms with Crippen LogP contribution < -0.4 is 27.0 Å². The zero-order valence-corrected chi connectivity index (χ0v) is 22.8. The molecule has 0 radical (unpaired) electrons. The number of thiazole rings is 1. The second kappa shape index (κ2) is 14.9. The second-order valence-electron chi connectivity index (χ2n) is 8.29. The number of carboxylic acids is 2. The average molecular weight is 624 g/mol. The Kier molecular flexibility index (Phi) is 11.7. The molecule has 3 amide bonds. The van der Waals surface area contributed by atoms with E-state index in [4.69, 9.17) is 21.0 Å². The van der Waals surface area contributed by atoms with Crippen molar-refractivity contribution in [3.63, 3.8) is 0 Å². The maximum absolute atomic E-state index is 12.7. The van der Waals surface area contributed by atoms with Crippen LogP contribution in [0.2, 0.25) is 0 Å². The van der Waals surface area contributed by atoms with E-state index in [1.807, 2.05) is 0 Å². The quantitative estimate of drug-likeness (QED) is 0.128. The zero-order valence-electron chi connectivity index (χ0n) is 22.0. The van der Waals surface area contributed by atoms with Crippen molar-refractivity contribution in [2.45, 2.75) is 25.6 Å². The van der Waals surface area contributed by atoms with Crippen LogP contribution in [0.25, 0.3) is 0 Å². The summed E-state index contributed by atoms with van der Waals surface area (Å²) in [6, 6.07) is 12.9. The molecule has 18 heteroatoms. The minimum atomic E-state index is -5.08. The van der Waals surface area contributed by atoms with Gasteiger partial charge in [-0.25, -0.2) is 14.6 Å². The molecule has 0 saturated carbocycles. The molecule has 1 unspecified atom stereocenters. The lowest BCUT2D eigenvalue weighted by Gasteiger charge is -2.15. The van der Waals surface area contributed by atoms with Gasteiger partial charge in [0.2, 0.25) is 5.91 Å². The van der Waals surface area contributed by atoms with Gasteiger partial charge in [0.05, 0.1) is 12.1 Å². The number of hydrogen-bond acceptors (Lipinski definition) is 8. The van der Waals surface area contributed by atoms with Gasteiger partial charge in [-0.3, -0.25) is 19.8 Å². The van der Waals surface area contributed by atoms with E-state index < -0.39 is 48.3 Å². The molecule has 2 aromatic carbocycles. The van der Waals surface area contributed by atoms with Gasteiger partial charge >= 0.3 is 18.1 Å². The molecule has 0 saturated heterocycles. The van der Waals surface area contributed by atoms with Gasteiger partial charge in [0, 0.05) is 16.9 Å². The van der Waals surface area contributed by atoms with Gasteiger partial charge in [-0.05, 0) is 37.3 Å². The lowest BCUT2D eigenvalue weighted by Crippen LogP contribution is -2.43. The average Bonchev–Trinajstić information content (AvgIpc) is 3.27. The molecule has 0 aliphatic rings. The Morgan fingerprint density at radius 3 is 2.12 bits per heavy atom. The first kappa shape index (κ1) is 33.7. The van der Waals surface area contributed by atoms with Crippen LogP contribution in [0.4, 0.5) is 29.7 Å². The molecule has 14 nitrogen and oxygen atoms in total. The Morgan fingerprint density at radius 2 is 1.56 bits per heavy atom. The van der Waals surface area contributed by atoms with Crippen LogP contribution in [0.1, 0.15) is 32.1 Å². The van der Waals surface area contributed by atoms with E-state index in [0.29, 0.717) is 11.4 Å². The van der Waals surface area contributed by atoms with Gasteiger partial charge in [-0.2, -0.15) is 13.2 Å². The lowest BCUT2D eigenvalue weighted by atomic mass is 10.1. The monoisotopic (exact) mass is 623 g/mol. The Bertz CT molecular complexity index is 1510. The number of carbonyl (C=O) groups is 5. The highest BCUT2D eigenvalue weighted by Crippen LogP contribution is 2.24. The Labute approximate surface area is 244 Å². The van der Waals surface area contributed by atoms with Crippen molar-refractivity contribution in [2.24, 2.45) is 5.73 Å². The van der Waals surface area contributed by atoms with Gasteiger partial charge in [0.1, 0.15) is 10.9 Å². The first-order chi connectivity index (χ1) is 20.1. The smallest absolute Gasteiger partial charge is 0.480 e. The highest BCUT2D eigenvalue weighted by Gasteiger charge is 2.38. The number of aryl methyl sites for hydroxylation is 1. The number of benzene rings is 2. The number of alkyl halides is 3. The van der Waals surface area contributed by atoms with Crippen molar-refractivity contribution in [2.75, 3.05) is 16.0 Å². The lowest BCUT2D eigenvalue weighted by molar-refractivity contribution is -0.192. The van der Waals surface area contributed by atoms with Crippen LogP contribution in [-0.4, -0.2) is 63.0 Å². The van der Waals surface area contributed by atoms with Gasteiger partial charge in [0.25, 0.3) is 11.8 Å². The number of aromatic nitrogens is 1. The Hall–Kier alpha value is -5.52. The molecule has 9 N–H and O–H groups in total. The number of carboxylic acid groups (broad SMARTS) is 2. The van der Waals surface area contributed by atoms with Crippen molar-refractivity contribution in [1.82, 2.24) is 10.3 Å². The molecule has 1 atom stereocenters. The summed E-state index contributed by atoms with van der Waals surface area (Å²) in [5.74, 6) is -6.23. The van der Waals surface area contributed by atoms with E-state index in [9.17, 15) is 37.5 Å². The van der Waals surface area contributed by atoms with Crippen molar-refractivity contribution in [3.05, 3.63) is 70.7 Å². The van der Waals surface area contributed by atoms with Crippen molar-refractivity contribution in [1.29, 1.82) is 5.41 Å². The highest BCUT2D eigenvalue weighted by molar-refractivity contribution is 7.17. The number of carbonyl (C=O) groups excluding carboxylic acids is 3. The molecule has 43 heavy (non-hydrogen) atoms. The van der Waals surface area contributed by atoms with E-state index in [1.54, 1.807) is 43.3 Å². The highest BCUT2D eigenvalue weighted by atomic mass is 32.1. The number of nitrogens with zero attached hydrogens (tertiary/aromatic N) is 1. The van der Waals surface area contributed by atoms with Crippen LogP contribution in [0.15, 0.2) is 54.6 Å². The van der Waals surface area contributed by atoms with E-state index in [1.165, 1.54) is 18.2 Å². The molecule has 0 bridgehead atoms. The largest absolute Gasteiger partial charge is 0.490 e. The Morgan fingerprint density at radius 1 is 0.953 bits per heavy atom. The number of guanidine groups is 1. The molecule has 3 rings (SSSR count). The van der Waals surface area contributed by atoms with Crippen LogP contribution in [0, 0.1) is 12.3 Å². The minimum Gasteiger partial charge on any atom is -0.480 e. The summed E-state index contributed by atoms with van der Waals surface area (Å²) in [6.07, 6.45) is -5.56. The van der Waals surface area contributed by atoms with Crippen LogP contribution >= 0.6 is 11.3 Å². The van der Waals surface area contributed by atoms with Crippen LogP contribution in [0.3, 0.4) is 0 Å². The first-order valence-electron chi connectivity index (χ1n) is 11.8. The number of anilines is 3. The van der Waals surface area contributed by atoms with E-state index in [2.05, 4.69) is 26.3 Å². The molecule has 0 aliphatic heterocycles. The number of para-hydroxylation sites is 1. The predicted octanol–water partition coefficient (Wildman–Crippen LogP) is 2.85. The topological polar surface area (TPSA) is 237 Å². The second-order valence-corrected chi connectivity index (χ2v) is 9.29. The fourth-order valence-electron chi connectivity index (χ4n) is 3.06. The molecule has 1 aromatic heterocycles. The molecule has 228 valence electrons. The van der Waals surface area contributed by atoms with Gasteiger partial charge in [-0.15, -0.1) is 0 Å². The standard InChI is InChI=1S/C23H23N7O5S.C2HF3O2/c1-12-18(36-23(26-12)30-22(24)25)20(33)28-15-9-5-6-13(10-15)19(32)29-16(21(34)35)11-17(31)27-14-7-3-2-4-8-14;3-2(4,5)1(6)7/h2-10,16H,11H2,1H3,(H,27,31)(H,28,33)(H,29,32)(H,34,35)(H4,24,25,26,30);(H,6,7). The van der Waals surface area contributed by atoms with Gasteiger partial charge < -0.3 is 37.2 Å².